The molecule has 0 radical (unpaired) electrons. The molecule has 2 rings (SSSR count). The molecule has 6 nitrogen and oxygen atoms in total. The van der Waals surface area contributed by atoms with Gasteiger partial charge in [0.05, 0.1) is 6.20 Å². The first-order valence-electron chi connectivity index (χ1n) is 5.96. The Morgan fingerprint density at radius 1 is 1.56 bits per heavy atom. The average Bonchev–Trinajstić information content (AvgIpc) is 2.72. The van der Waals surface area contributed by atoms with Gasteiger partial charge >= 0.3 is 5.97 Å². The summed E-state index contributed by atoms with van der Waals surface area (Å²) in [6, 6.07) is 1.86. The molecule has 0 unspecified atom stereocenters. The highest BCUT2D eigenvalue weighted by atomic mass is 16.4. The van der Waals surface area contributed by atoms with Crippen LogP contribution in [0.25, 0.3) is 5.65 Å². The lowest BCUT2D eigenvalue weighted by molar-refractivity contribution is 0.0699. The van der Waals surface area contributed by atoms with Crippen LogP contribution in [-0.4, -0.2) is 32.2 Å². The molecule has 0 spiro atoms. The molecule has 0 aliphatic rings. The zero-order chi connectivity index (χ0) is 13.1. The highest BCUT2D eigenvalue weighted by Crippen LogP contribution is 2.16. The molecule has 96 valence electrons. The van der Waals surface area contributed by atoms with Crippen molar-refractivity contribution in [2.75, 3.05) is 11.9 Å². The first-order valence-corrected chi connectivity index (χ1v) is 5.96. The first-order chi connectivity index (χ1) is 8.63. The standard InChI is InChI=1S/C12H16N4O2/c1-3-4-5-13-10-6-8(2)15-11-9(12(17)18)7-14-16(10)11/h6-7,13H,3-5H2,1-2H3,(H,17,18). The van der Waals surface area contributed by atoms with Crippen LogP contribution in [0.4, 0.5) is 5.82 Å². The van der Waals surface area contributed by atoms with Crippen molar-refractivity contribution in [3.8, 4) is 0 Å². The molecule has 0 bridgehead atoms. The van der Waals surface area contributed by atoms with Gasteiger partial charge in [-0.1, -0.05) is 13.3 Å². The van der Waals surface area contributed by atoms with Crippen LogP contribution < -0.4 is 5.32 Å². The number of nitrogens with zero attached hydrogens (tertiary/aromatic N) is 3. The Morgan fingerprint density at radius 2 is 2.33 bits per heavy atom. The predicted octanol–water partition coefficient (Wildman–Crippen LogP) is 1.95. The van der Waals surface area contributed by atoms with Crippen molar-refractivity contribution < 1.29 is 9.90 Å². The maximum absolute atomic E-state index is 11.0. The Kier molecular flexibility index (Phi) is 3.45. The van der Waals surface area contributed by atoms with E-state index < -0.39 is 5.97 Å². The summed E-state index contributed by atoms with van der Waals surface area (Å²) in [7, 11) is 0. The van der Waals surface area contributed by atoms with Gasteiger partial charge in [0.1, 0.15) is 11.4 Å². The number of nitrogens with one attached hydrogen (secondary N) is 1. The highest BCUT2D eigenvalue weighted by Gasteiger charge is 2.15. The van der Waals surface area contributed by atoms with Crippen molar-refractivity contribution in [2.24, 2.45) is 0 Å². The average molecular weight is 248 g/mol. The second kappa shape index (κ2) is 5.03. The van der Waals surface area contributed by atoms with Crippen molar-refractivity contribution in [2.45, 2.75) is 26.7 Å². The van der Waals surface area contributed by atoms with Crippen molar-refractivity contribution in [3.05, 3.63) is 23.5 Å². The molecule has 0 saturated heterocycles. The van der Waals surface area contributed by atoms with Gasteiger partial charge in [-0.25, -0.2) is 9.78 Å². The molecule has 2 heterocycles. The zero-order valence-electron chi connectivity index (χ0n) is 10.5. The van der Waals surface area contributed by atoms with Gasteiger partial charge in [0.2, 0.25) is 0 Å². The zero-order valence-corrected chi connectivity index (χ0v) is 10.5. The van der Waals surface area contributed by atoms with Gasteiger partial charge in [-0.05, 0) is 13.3 Å². The lowest BCUT2D eigenvalue weighted by atomic mass is 10.3. The summed E-state index contributed by atoms with van der Waals surface area (Å²) in [5.41, 5.74) is 1.27. The molecular formula is C12H16N4O2. The number of aromatic nitrogens is 3. The van der Waals surface area contributed by atoms with E-state index in [2.05, 4.69) is 22.3 Å². The number of carboxylic acids is 1. The van der Waals surface area contributed by atoms with Crippen LogP contribution in [0.3, 0.4) is 0 Å². The summed E-state index contributed by atoms with van der Waals surface area (Å²) in [4.78, 5) is 15.3. The van der Waals surface area contributed by atoms with Crippen LogP contribution in [0.2, 0.25) is 0 Å². The lowest BCUT2D eigenvalue weighted by Crippen LogP contribution is -2.08. The molecule has 0 saturated carbocycles. The number of hydrogen-bond acceptors (Lipinski definition) is 4. The van der Waals surface area contributed by atoms with E-state index in [9.17, 15) is 4.79 Å². The SMILES string of the molecule is CCCCNc1cc(C)nc2c(C(=O)O)cnn12. The van der Waals surface area contributed by atoms with Crippen molar-refractivity contribution in [1.29, 1.82) is 0 Å². The number of carbonyl (C=O) groups is 1. The molecule has 0 aromatic carbocycles. The lowest BCUT2D eigenvalue weighted by Gasteiger charge is -2.08. The molecule has 2 aromatic rings. The Balaban J connectivity index is 2.43. The van der Waals surface area contributed by atoms with Crippen molar-refractivity contribution in [1.82, 2.24) is 14.6 Å². The number of anilines is 1. The quantitative estimate of drug-likeness (QED) is 0.790. The van der Waals surface area contributed by atoms with E-state index >= 15 is 0 Å². The first kappa shape index (κ1) is 12.3. The Labute approximate surface area is 105 Å². The van der Waals surface area contributed by atoms with Crippen LogP contribution in [0, 0.1) is 6.92 Å². The number of hydrogen-bond donors (Lipinski definition) is 2. The van der Waals surface area contributed by atoms with Crippen LogP contribution in [0.1, 0.15) is 35.8 Å². The molecule has 0 amide bonds. The Morgan fingerprint density at radius 3 is 3.00 bits per heavy atom. The summed E-state index contributed by atoms with van der Waals surface area (Å²) in [5, 5.41) is 16.4. The molecular weight excluding hydrogens is 232 g/mol. The van der Waals surface area contributed by atoms with Crippen molar-refractivity contribution in [3.63, 3.8) is 0 Å². The number of carboxylic acid groups (broad SMARTS) is 1. The number of unbranched alkanes of at least 4 members (excludes halogenated alkanes) is 1. The van der Waals surface area contributed by atoms with Gasteiger partial charge in [0, 0.05) is 18.3 Å². The minimum absolute atomic E-state index is 0.122. The smallest absolute Gasteiger partial charge is 0.341 e. The van der Waals surface area contributed by atoms with E-state index in [0.717, 1.165) is 30.9 Å². The van der Waals surface area contributed by atoms with Gasteiger partial charge in [0.25, 0.3) is 0 Å². The van der Waals surface area contributed by atoms with E-state index in [1.165, 1.54) is 10.7 Å². The highest BCUT2D eigenvalue weighted by molar-refractivity contribution is 5.94. The molecule has 6 heteroatoms. The Bertz CT molecular complexity index is 577. The monoisotopic (exact) mass is 248 g/mol. The summed E-state index contributed by atoms with van der Waals surface area (Å²) in [5.74, 6) is -0.235. The fourth-order valence-electron chi connectivity index (χ4n) is 1.75. The molecule has 0 aliphatic heterocycles. The number of aromatic carboxylic acids is 1. The molecule has 0 aliphatic carbocycles. The van der Waals surface area contributed by atoms with Gasteiger partial charge in [-0.2, -0.15) is 9.61 Å². The topological polar surface area (TPSA) is 79.5 Å². The van der Waals surface area contributed by atoms with Crippen LogP contribution in [0.15, 0.2) is 12.3 Å². The molecule has 2 N–H and O–H groups in total. The third kappa shape index (κ3) is 2.27. The normalized spacial score (nSPS) is 10.8. The van der Waals surface area contributed by atoms with E-state index in [1.54, 1.807) is 0 Å². The van der Waals surface area contributed by atoms with Gasteiger partial charge in [-0.3, -0.25) is 0 Å². The van der Waals surface area contributed by atoms with Crippen LogP contribution in [0.5, 0.6) is 0 Å². The van der Waals surface area contributed by atoms with E-state index in [-0.39, 0.29) is 5.56 Å². The predicted molar refractivity (Wildman–Crippen MR) is 68.1 cm³/mol. The maximum atomic E-state index is 11.0. The van der Waals surface area contributed by atoms with E-state index in [1.807, 2.05) is 13.0 Å². The third-order valence-corrected chi connectivity index (χ3v) is 2.67. The van der Waals surface area contributed by atoms with Gasteiger partial charge in [-0.15, -0.1) is 0 Å². The Hall–Kier alpha value is -2.11. The minimum atomic E-state index is -1.01. The summed E-state index contributed by atoms with van der Waals surface area (Å²) >= 11 is 0. The maximum Gasteiger partial charge on any atom is 0.341 e. The fourth-order valence-corrected chi connectivity index (χ4v) is 1.75. The van der Waals surface area contributed by atoms with Crippen molar-refractivity contribution >= 4 is 17.4 Å². The molecule has 2 aromatic heterocycles. The molecule has 0 fully saturated rings. The minimum Gasteiger partial charge on any atom is -0.477 e. The second-order valence-corrected chi connectivity index (χ2v) is 4.16. The summed E-state index contributed by atoms with van der Waals surface area (Å²) in [6.07, 6.45) is 3.48. The largest absolute Gasteiger partial charge is 0.477 e. The van der Waals surface area contributed by atoms with Gasteiger partial charge in [0.15, 0.2) is 5.65 Å². The van der Waals surface area contributed by atoms with E-state index in [4.69, 9.17) is 5.11 Å². The van der Waals surface area contributed by atoms with Crippen LogP contribution in [-0.2, 0) is 0 Å². The summed E-state index contributed by atoms with van der Waals surface area (Å²) in [6.45, 7) is 4.78. The van der Waals surface area contributed by atoms with Gasteiger partial charge < -0.3 is 10.4 Å². The number of rotatable bonds is 5. The van der Waals surface area contributed by atoms with Crippen LogP contribution >= 0.6 is 0 Å². The van der Waals surface area contributed by atoms with E-state index in [0.29, 0.717) is 5.65 Å². The fraction of sp³-hybridized carbons (Fsp3) is 0.417. The number of aryl methyl sites for hydroxylation is 1. The number of fused-ring (bicyclic) bond motifs is 1. The second-order valence-electron chi connectivity index (χ2n) is 4.16. The molecule has 0 atom stereocenters. The summed E-state index contributed by atoms with van der Waals surface area (Å²) < 4.78 is 1.53. The third-order valence-electron chi connectivity index (χ3n) is 2.67. The molecule has 18 heavy (non-hydrogen) atoms.